The van der Waals surface area contributed by atoms with Gasteiger partial charge in [-0.05, 0) is 49.2 Å². The molecule has 1 atom stereocenters. The van der Waals surface area contributed by atoms with Crippen molar-refractivity contribution in [2.75, 3.05) is 26.9 Å². The zero-order valence-electron chi connectivity index (χ0n) is 22.7. The molecule has 0 aliphatic carbocycles. The average Bonchev–Trinajstić information content (AvgIpc) is 3.43. The number of carbonyl (C=O) groups is 2. The number of fused-ring (bicyclic) bond motifs is 1. The Hall–Kier alpha value is -4.63. The number of rotatable bonds is 10. The minimum absolute atomic E-state index is 0.0183. The van der Waals surface area contributed by atoms with E-state index in [1.165, 1.54) is 12.0 Å². The lowest BCUT2D eigenvalue weighted by Gasteiger charge is -2.26. The van der Waals surface area contributed by atoms with Gasteiger partial charge in [-0.1, -0.05) is 42.5 Å². The van der Waals surface area contributed by atoms with E-state index in [4.69, 9.17) is 14.2 Å². The van der Waals surface area contributed by atoms with Crippen molar-refractivity contribution in [3.63, 3.8) is 0 Å². The number of hydrogen-bond acceptors (Lipinski definition) is 7. The first-order valence-electron chi connectivity index (χ1n) is 13.1. The summed E-state index contributed by atoms with van der Waals surface area (Å²) in [6.45, 7) is 4.73. The zero-order valence-corrected chi connectivity index (χ0v) is 22.7. The smallest absolute Gasteiger partial charge is 0.295 e. The van der Waals surface area contributed by atoms with Gasteiger partial charge in [0, 0.05) is 19.9 Å². The van der Waals surface area contributed by atoms with E-state index >= 15 is 0 Å². The van der Waals surface area contributed by atoms with Gasteiger partial charge in [0.2, 0.25) is 0 Å². The Morgan fingerprint density at radius 2 is 1.77 bits per heavy atom. The van der Waals surface area contributed by atoms with Crippen LogP contribution < -0.4 is 9.47 Å². The van der Waals surface area contributed by atoms with Crippen LogP contribution in [0.1, 0.15) is 35.5 Å². The van der Waals surface area contributed by atoms with Gasteiger partial charge in [-0.15, -0.1) is 0 Å². The van der Waals surface area contributed by atoms with E-state index in [1.54, 1.807) is 41.8 Å². The van der Waals surface area contributed by atoms with Crippen LogP contribution in [-0.4, -0.2) is 57.9 Å². The topological polar surface area (TPSA) is 103 Å². The third-order valence-corrected chi connectivity index (χ3v) is 6.83. The molecule has 0 saturated carbocycles. The van der Waals surface area contributed by atoms with Crippen LogP contribution in [-0.2, 0) is 20.9 Å². The third kappa shape index (κ3) is 5.03. The Morgan fingerprint density at radius 3 is 2.52 bits per heavy atom. The molecule has 40 heavy (non-hydrogen) atoms. The van der Waals surface area contributed by atoms with Crippen molar-refractivity contribution < 1.29 is 28.9 Å². The highest BCUT2D eigenvalue weighted by atomic mass is 16.5. The molecule has 2 aromatic carbocycles. The maximum atomic E-state index is 13.4. The van der Waals surface area contributed by atoms with Crippen molar-refractivity contribution in [2.45, 2.75) is 26.5 Å². The SMILES string of the molecule is CCOc1cc(C2C(=C(O)c3c(C)nc4ccccn34)C(=O)C(=O)N2CCOC)ccc1OCc1ccccc1. The lowest BCUT2D eigenvalue weighted by atomic mass is 9.96. The van der Waals surface area contributed by atoms with Crippen molar-refractivity contribution in [1.29, 1.82) is 0 Å². The molecule has 5 rings (SSSR count). The van der Waals surface area contributed by atoms with Crippen LogP contribution in [0.3, 0.4) is 0 Å². The van der Waals surface area contributed by atoms with Gasteiger partial charge >= 0.3 is 0 Å². The van der Waals surface area contributed by atoms with Crippen LogP contribution >= 0.6 is 0 Å². The number of aliphatic hydroxyl groups excluding tert-OH is 1. The van der Waals surface area contributed by atoms with Crippen LogP contribution in [0.4, 0.5) is 0 Å². The number of methoxy groups -OCH3 is 1. The number of likely N-dealkylation sites (tertiary alicyclic amines) is 1. The molecule has 9 heteroatoms. The van der Waals surface area contributed by atoms with Crippen LogP contribution in [0, 0.1) is 6.92 Å². The lowest BCUT2D eigenvalue weighted by Crippen LogP contribution is -2.32. The number of aliphatic hydroxyl groups is 1. The minimum Gasteiger partial charge on any atom is -0.505 e. The van der Waals surface area contributed by atoms with Crippen molar-refractivity contribution in [1.82, 2.24) is 14.3 Å². The molecule has 0 radical (unpaired) electrons. The quantitative estimate of drug-likeness (QED) is 0.177. The molecule has 3 heterocycles. The van der Waals surface area contributed by atoms with Gasteiger partial charge in [-0.3, -0.25) is 14.0 Å². The first-order chi connectivity index (χ1) is 19.4. The van der Waals surface area contributed by atoms with Crippen LogP contribution in [0.2, 0.25) is 0 Å². The first-order valence-corrected chi connectivity index (χ1v) is 13.1. The van der Waals surface area contributed by atoms with Crippen molar-refractivity contribution in [3.8, 4) is 11.5 Å². The Balaban J connectivity index is 1.61. The number of ketones is 1. The summed E-state index contributed by atoms with van der Waals surface area (Å²) in [5.74, 6) is -0.773. The Labute approximate surface area is 232 Å². The van der Waals surface area contributed by atoms with Gasteiger partial charge in [-0.25, -0.2) is 4.98 Å². The van der Waals surface area contributed by atoms with Gasteiger partial charge in [0.15, 0.2) is 17.3 Å². The van der Waals surface area contributed by atoms with Crippen LogP contribution in [0.5, 0.6) is 11.5 Å². The Morgan fingerprint density at radius 1 is 1.00 bits per heavy atom. The minimum atomic E-state index is -0.869. The van der Waals surface area contributed by atoms with E-state index < -0.39 is 17.7 Å². The van der Waals surface area contributed by atoms with Gasteiger partial charge in [0.05, 0.1) is 30.5 Å². The number of aryl methyl sites for hydroxylation is 1. The zero-order chi connectivity index (χ0) is 28.2. The Kier molecular flexibility index (Phi) is 7.84. The maximum absolute atomic E-state index is 13.4. The first kappa shape index (κ1) is 27.0. The van der Waals surface area contributed by atoms with Crippen molar-refractivity contribution in [3.05, 3.63) is 101 Å². The van der Waals surface area contributed by atoms with E-state index in [0.29, 0.717) is 47.3 Å². The number of hydrogen-bond donors (Lipinski definition) is 1. The van der Waals surface area contributed by atoms with E-state index in [1.807, 2.05) is 49.4 Å². The highest BCUT2D eigenvalue weighted by molar-refractivity contribution is 6.46. The van der Waals surface area contributed by atoms with E-state index in [0.717, 1.165) is 5.56 Å². The summed E-state index contributed by atoms with van der Waals surface area (Å²) in [7, 11) is 1.53. The predicted octanol–water partition coefficient (Wildman–Crippen LogP) is 4.69. The molecule has 1 unspecified atom stereocenters. The molecule has 1 N–H and O–H groups in total. The summed E-state index contributed by atoms with van der Waals surface area (Å²) >= 11 is 0. The highest BCUT2D eigenvalue weighted by Gasteiger charge is 2.46. The van der Waals surface area contributed by atoms with Gasteiger partial charge in [0.1, 0.15) is 17.9 Å². The molecule has 206 valence electrons. The van der Waals surface area contributed by atoms with Crippen molar-refractivity contribution in [2.24, 2.45) is 0 Å². The number of nitrogens with zero attached hydrogens (tertiary/aromatic N) is 3. The second kappa shape index (κ2) is 11.6. The molecule has 1 fully saturated rings. The van der Waals surface area contributed by atoms with E-state index in [2.05, 4.69) is 4.98 Å². The highest BCUT2D eigenvalue weighted by Crippen LogP contribution is 2.42. The largest absolute Gasteiger partial charge is 0.505 e. The second-order valence-electron chi connectivity index (χ2n) is 9.37. The number of aromatic nitrogens is 2. The van der Waals surface area contributed by atoms with Crippen LogP contribution in [0.15, 0.2) is 78.5 Å². The predicted molar refractivity (Wildman–Crippen MR) is 149 cm³/mol. The summed E-state index contributed by atoms with van der Waals surface area (Å²) in [4.78, 5) is 32.6. The number of carbonyl (C=O) groups excluding carboxylic acids is 2. The average molecular weight is 542 g/mol. The Bertz CT molecular complexity index is 1580. The molecule has 1 saturated heterocycles. The molecule has 9 nitrogen and oxygen atoms in total. The van der Waals surface area contributed by atoms with E-state index in [-0.39, 0.29) is 24.5 Å². The fourth-order valence-electron chi connectivity index (χ4n) is 4.99. The number of amides is 1. The summed E-state index contributed by atoms with van der Waals surface area (Å²) in [6.07, 6.45) is 1.76. The summed E-state index contributed by atoms with van der Waals surface area (Å²) in [5.41, 5.74) is 3.09. The molecule has 0 bridgehead atoms. The van der Waals surface area contributed by atoms with E-state index in [9.17, 15) is 14.7 Å². The van der Waals surface area contributed by atoms with Gasteiger partial charge < -0.3 is 24.2 Å². The second-order valence-corrected chi connectivity index (χ2v) is 9.37. The number of ether oxygens (including phenoxy) is 3. The number of Topliss-reactive ketones (excluding diaryl/α,β-unsaturated/α-hetero) is 1. The number of benzene rings is 2. The third-order valence-electron chi connectivity index (χ3n) is 6.83. The molecule has 1 aliphatic rings. The molecule has 1 aliphatic heterocycles. The standard InChI is InChI=1S/C31H31N3O6/c1-4-39-24-18-22(13-14-23(24)40-19-21-10-6-5-7-11-21)28-26(30(36)31(37)34(28)16-17-38-3)29(35)27-20(2)32-25-12-8-9-15-33(25)27/h5-15,18,28,35H,4,16-17,19H2,1-3H3. The fraction of sp³-hybridized carbons (Fsp3) is 0.258. The molecule has 1 amide bonds. The summed E-state index contributed by atoms with van der Waals surface area (Å²) in [6, 6.07) is 19.7. The fourth-order valence-corrected chi connectivity index (χ4v) is 4.99. The monoisotopic (exact) mass is 541 g/mol. The van der Waals surface area contributed by atoms with Gasteiger partial charge in [0.25, 0.3) is 11.7 Å². The summed E-state index contributed by atoms with van der Waals surface area (Å²) < 4.78 is 18.9. The molecule has 0 spiro atoms. The summed E-state index contributed by atoms with van der Waals surface area (Å²) in [5, 5.41) is 11.6. The van der Waals surface area contributed by atoms with Gasteiger partial charge in [-0.2, -0.15) is 0 Å². The maximum Gasteiger partial charge on any atom is 0.295 e. The number of pyridine rings is 1. The lowest BCUT2D eigenvalue weighted by molar-refractivity contribution is -0.140. The molecular weight excluding hydrogens is 510 g/mol. The molecule has 4 aromatic rings. The number of imidazole rings is 1. The van der Waals surface area contributed by atoms with Crippen molar-refractivity contribution >= 4 is 23.1 Å². The normalized spacial score (nSPS) is 16.6. The van der Waals surface area contributed by atoms with Crippen LogP contribution in [0.25, 0.3) is 11.4 Å². The molecule has 2 aromatic heterocycles. The molecular formula is C31H31N3O6.